The van der Waals surface area contributed by atoms with E-state index in [1.54, 1.807) is 13.3 Å². The molecule has 4 heteroatoms. The quantitative estimate of drug-likeness (QED) is 0.750. The lowest BCUT2D eigenvalue weighted by Gasteiger charge is -2.14. The molecule has 0 fully saturated rings. The average molecular weight is 237 g/mol. The second-order valence-corrected chi connectivity index (χ2v) is 4.10. The van der Waals surface area contributed by atoms with Crippen molar-refractivity contribution in [3.63, 3.8) is 0 Å². The van der Waals surface area contributed by atoms with E-state index in [9.17, 15) is 0 Å². The van der Waals surface area contributed by atoms with Crippen LogP contribution in [0.4, 0.5) is 5.69 Å². The van der Waals surface area contributed by atoms with Crippen molar-refractivity contribution in [1.29, 1.82) is 0 Å². The van der Waals surface area contributed by atoms with Crippen LogP contribution < -0.4 is 9.64 Å². The van der Waals surface area contributed by atoms with E-state index >= 15 is 0 Å². The van der Waals surface area contributed by atoms with Crippen LogP contribution in [0.2, 0.25) is 5.15 Å². The summed E-state index contributed by atoms with van der Waals surface area (Å²) in [5.41, 5.74) is 1.10. The van der Waals surface area contributed by atoms with Gasteiger partial charge in [0.1, 0.15) is 10.9 Å². The molecule has 0 spiro atoms. The van der Waals surface area contributed by atoms with Gasteiger partial charge in [-0.3, -0.25) is 0 Å². The minimum absolute atomic E-state index is 0.501. The number of anilines is 1. The maximum absolute atomic E-state index is 6.04. The summed E-state index contributed by atoms with van der Waals surface area (Å²) in [7, 11) is 5.62. The molecule has 0 amide bonds. The van der Waals surface area contributed by atoms with Gasteiger partial charge in [0.25, 0.3) is 0 Å². The summed E-state index contributed by atoms with van der Waals surface area (Å²) in [4.78, 5) is 6.11. The first-order valence-electron chi connectivity index (χ1n) is 4.93. The SMILES string of the molecule is COc1cnc(Cl)c2ccc(N(C)C)cc12. The third-order valence-corrected chi connectivity index (χ3v) is 2.82. The minimum atomic E-state index is 0.501. The fourth-order valence-electron chi connectivity index (χ4n) is 1.61. The highest BCUT2D eigenvalue weighted by molar-refractivity contribution is 6.34. The number of hydrogen-bond donors (Lipinski definition) is 0. The zero-order valence-electron chi connectivity index (χ0n) is 9.49. The molecule has 0 aliphatic heterocycles. The summed E-state index contributed by atoms with van der Waals surface area (Å²) in [6.45, 7) is 0. The van der Waals surface area contributed by atoms with Crippen LogP contribution >= 0.6 is 11.6 Å². The molecule has 1 aromatic carbocycles. The van der Waals surface area contributed by atoms with Crippen molar-refractivity contribution in [3.8, 4) is 5.75 Å². The zero-order chi connectivity index (χ0) is 11.7. The Morgan fingerprint density at radius 3 is 2.62 bits per heavy atom. The standard InChI is InChI=1S/C12H13ClN2O/c1-15(2)8-4-5-9-10(6-8)11(16-3)7-14-12(9)13/h4-7H,1-3H3. The van der Waals surface area contributed by atoms with Crippen molar-refractivity contribution in [2.75, 3.05) is 26.1 Å². The Morgan fingerprint density at radius 2 is 2.00 bits per heavy atom. The average Bonchev–Trinajstić information content (AvgIpc) is 2.29. The Bertz CT molecular complexity index is 526. The summed E-state index contributed by atoms with van der Waals surface area (Å²) in [5, 5.41) is 2.39. The molecule has 0 bridgehead atoms. The third kappa shape index (κ3) is 1.78. The number of aromatic nitrogens is 1. The van der Waals surface area contributed by atoms with E-state index in [2.05, 4.69) is 4.98 Å². The smallest absolute Gasteiger partial charge is 0.145 e. The highest BCUT2D eigenvalue weighted by atomic mass is 35.5. The van der Waals surface area contributed by atoms with Crippen LogP contribution in [0.25, 0.3) is 10.8 Å². The lowest BCUT2D eigenvalue weighted by molar-refractivity contribution is 0.418. The molecule has 0 saturated carbocycles. The maximum atomic E-state index is 6.04. The molecule has 0 radical (unpaired) electrons. The van der Waals surface area contributed by atoms with Gasteiger partial charge in [0, 0.05) is 30.6 Å². The van der Waals surface area contributed by atoms with Gasteiger partial charge in [-0.25, -0.2) is 4.98 Å². The Labute approximate surface area is 99.6 Å². The van der Waals surface area contributed by atoms with E-state index in [-0.39, 0.29) is 0 Å². The maximum Gasteiger partial charge on any atom is 0.145 e. The van der Waals surface area contributed by atoms with E-state index in [0.717, 1.165) is 22.2 Å². The highest BCUT2D eigenvalue weighted by Gasteiger charge is 2.07. The summed E-state index contributed by atoms with van der Waals surface area (Å²) in [6.07, 6.45) is 1.64. The number of benzene rings is 1. The fraction of sp³-hybridized carbons (Fsp3) is 0.250. The van der Waals surface area contributed by atoms with Crippen LogP contribution in [-0.2, 0) is 0 Å². The van der Waals surface area contributed by atoms with E-state index < -0.39 is 0 Å². The Morgan fingerprint density at radius 1 is 1.25 bits per heavy atom. The minimum Gasteiger partial charge on any atom is -0.494 e. The Kier molecular flexibility index (Phi) is 2.88. The normalized spacial score (nSPS) is 10.5. The predicted octanol–water partition coefficient (Wildman–Crippen LogP) is 2.96. The van der Waals surface area contributed by atoms with Crippen molar-refractivity contribution in [2.45, 2.75) is 0 Å². The van der Waals surface area contributed by atoms with Gasteiger partial charge < -0.3 is 9.64 Å². The van der Waals surface area contributed by atoms with Gasteiger partial charge >= 0.3 is 0 Å². The summed E-state index contributed by atoms with van der Waals surface area (Å²) in [5.74, 6) is 0.739. The van der Waals surface area contributed by atoms with Crippen LogP contribution in [0.1, 0.15) is 0 Å². The van der Waals surface area contributed by atoms with Gasteiger partial charge in [0.05, 0.1) is 13.3 Å². The number of fused-ring (bicyclic) bond motifs is 1. The number of hydrogen-bond acceptors (Lipinski definition) is 3. The summed E-state index contributed by atoms with van der Waals surface area (Å²) >= 11 is 6.04. The first kappa shape index (κ1) is 11.0. The molecule has 0 unspecified atom stereocenters. The molecule has 3 nitrogen and oxygen atoms in total. The van der Waals surface area contributed by atoms with Gasteiger partial charge in [-0.05, 0) is 18.2 Å². The van der Waals surface area contributed by atoms with Crippen LogP contribution in [0.5, 0.6) is 5.75 Å². The Balaban J connectivity index is 2.74. The second kappa shape index (κ2) is 4.18. The predicted molar refractivity (Wildman–Crippen MR) is 67.6 cm³/mol. The van der Waals surface area contributed by atoms with Crippen LogP contribution in [0.15, 0.2) is 24.4 Å². The summed E-state index contributed by atoms with van der Waals surface area (Å²) < 4.78 is 5.28. The molecule has 0 atom stereocenters. The highest BCUT2D eigenvalue weighted by Crippen LogP contribution is 2.31. The molecule has 2 aromatic rings. The topological polar surface area (TPSA) is 25.4 Å². The van der Waals surface area contributed by atoms with Crippen LogP contribution in [0, 0.1) is 0 Å². The van der Waals surface area contributed by atoms with Gasteiger partial charge in [-0.15, -0.1) is 0 Å². The van der Waals surface area contributed by atoms with E-state index in [1.807, 2.05) is 37.2 Å². The number of ether oxygens (including phenoxy) is 1. The number of pyridine rings is 1. The fourth-order valence-corrected chi connectivity index (χ4v) is 1.82. The van der Waals surface area contributed by atoms with Gasteiger partial charge in [-0.2, -0.15) is 0 Å². The van der Waals surface area contributed by atoms with Crippen molar-refractivity contribution < 1.29 is 4.74 Å². The molecular formula is C12H13ClN2O. The van der Waals surface area contributed by atoms with Crippen molar-refractivity contribution >= 4 is 28.1 Å². The lowest BCUT2D eigenvalue weighted by Crippen LogP contribution is -2.08. The number of halogens is 1. The molecule has 0 N–H and O–H groups in total. The van der Waals surface area contributed by atoms with E-state index in [0.29, 0.717) is 5.15 Å². The monoisotopic (exact) mass is 236 g/mol. The first-order valence-corrected chi connectivity index (χ1v) is 5.31. The van der Waals surface area contributed by atoms with E-state index in [1.165, 1.54) is 0 Å². The van der Waals surface area contributed by atoms with Gasteiger partial charge in [0.15, 0.2) is 0 Å². The van der Waals surface area contributed by atoms with Crippen molar-refractivity contribution in [1.82, 2.24) is 4.98 Å². The van der Waals surface area contributed by atoms with Crippen molar-refractivity contribution in [2.24, 2.45) is 0 Å². The van der Waals surface area contributed by atoms with Gasteiger partial charge in [0.2, 0.25) is 0 Å². The molecule has 0 aliphatic rings. The number of rotatable bonds is 2. The molecule has 16 heavy (non-hydrogen) atoms. The summed E-state index contributed by atoms with van der Waals surface area (Å²) in [6, 6.07) is 6.01. The lowest BCUT2D eigenvalue weighted by atomic mass is 10.1. The van der Waals surface area contributed by atoms with Crippen LogP contribution in [-0.4, -0.2) is 26.2 Å². The molecule has 1 aromatic heterocycles. The van der Waals surface area contributed by atoms with E-state index in [4.69, 9.17) is 16.3 Å². The van der Waals surface area contributed by atoms with Crippen LogP contribution in [0.3, 0.4) is 0 Å². The molecule has 84 valence electrons. The third-order valence-electron chi connectivity index (χ3n) is 2.52. The molecular weight excluding hydrogens is 224 g/mol. The molecule has 2 rings (SSSR count). The first-order chi connectivity index (χ1) is 7.63. The van der Waals surface area contributed by atoms with Crippen molar-refractivity contribution in [3.05, 3.63) is 29.5 Å². The number of nitrogens with zero attached hydrogens (tertiary/aromatic N) is 2. The zero-order valence-corrected chi connectivity index (χ0v) is 10.2. The molecule has 0 saturated heterocycles. The largest absolute Gasteiger partial charge is 0.494 e. The Hall–Kier alpha value is -1.48. The van der Waals surface area contributed by atoms with Gasteiger partial charge in [-0.1, -0.05) is 11.6 Å². The molecule has 0 aliphatic carbocycles. The molecule has 1 heterocycles. The second-order valence-electron chi connectivity index (χ2n) is 3.74. The number of methoxy groups -OCH3 is 1.